The molecule has 0 spiro atoms. The molecule has 0 saturated heterocycles. The number of rotatable bonds is 3. The number of nitrogens with one attached hydrogen (secondary N) is 1. The van der Waals surface area contributed by atoms with Crippen molar-refractivity contribution in [1.29, 1.82) is 0 Å². The molecule has 0 saturated carbocycles. The second kappa shape index (κ2) is 7.33. The molecule has 4 heteroatoms. The van der Waals surface area contributed by atoms with E-state index in [0.717, 1.165) is 21.7 Å². The Morgan fingerprint density at radius 1 is 0.733 bits per heavy atom. The number of amides is 1. The summed E-state index contributed by atoms with van der Waals surface area (Å²) in [5, 5.41) is 5.72. The Bertz CT molecular complexity index is 1440. The van der Waals surface area contributed by atoms with E-state index in [2.05, 4.69) is 5.32 Å². The third-order valence-corrected chi connectivity index (χ3v) is 5.13. The average molecular weight is 391 g/mol. The van der Waals surface area contributed by atoms with Gasteiger partial charge in [0.2, 0.25) is 0 Å². The van der Waals surface area contributed by atoms with Gasteiger partial charge in [-0.1, -0.05) is 66.7 Å². The smallest absolute Gasteiger partial charge is 0.344 e. The normalized spacial score (nSPS) is 10.9. The number of para-hydroxylation sites is 1. The van der Waals surface area contributed by atoms with E-state index in [9.17, 15) is 9.59 Å². The fourth-order valence-corrected chi connectivity index (χ4v) is 3.62. The molecule has 0 aliphatic heterocycles. The van der Waals surface area contributed by atoms with Crippen molar-refractivity contribution < 1.29 is 9.21 Å². The van der Waals surface area contributed by atoms with Crippen molar-refractivity contribution >= 4 is 33.3 Å². The summed E-state index contributed by atoms with van der Waals surface area (Å²) in [6.45, 7) is 0. The number of carbonyl (C=O) groups is 1. The first kappa shape index (κ1) is 17.9. The highest BCUT2D eigenvalue weighted by Crippen LogP contribution is 2.24. The van der Waals surface area contributed by atoms with Crippen LogP contribution >= 0.6 is 0 Å². The van der Waals surface area contributed by atoms with Gasteiger partial charge in [-0.2, -0.15) is 0 Å². The van der Waals surface area contributed by atoms with Gasteiger partial charge in [0.25, 0.3) is 5.91 Å². The van der Waals surface area contributed by atoms with Crippen molar-refractivity contribution in [2.75, 3.05) is 5.32 Å². The second-order valence-corrected chi connectivity index (χ2v) is 7.04. The highest BCUT2D eigenvalue weighted by molar-refractivity contribution is 6.12. The van der Waals surface area contributed by atoms with Gasteiger partial charge in [-0.25, -0.2) is 4.79 Å². The minimum Gasteiger partial charge on any atom is -0.422 e. The predicted octanol–water partition coefficient (Wildman–Crippen LogP) is 5.87. The highest BCUT2D eigenvalue weighted by Gasteiger charge is 2.11. The molecule has 0 atom stereocenters. The largest absolute Gasteiger partial charge is 0.422 e. The molecule has 5 rings (SSSR count). The SMILES string of the molecule is O=C(Nc1ccc(-c2cc3ccccc3oc2=O)cc1)c1cccc2ccccc12. The minimum absolute atomic E-state index is 0.176. The highest BCUT2D eigenvalue weighted by atomic mass is 16.4. The molecular formula is C26H17NO3. The molecule has 0 bridgehead atoms. The maximum absolute atomic E-state index is 12.8. The lowest BCUT2D eigenvalue weighted by Gasteiger charge is -2.09. The van der Waals surface area contributed by atoms with E-state index in [0.29, 0.717) is 22.4 Å². The molecule has 4 aromatic carbocycles. The van der Waals surface area contributed by atoms with Gasteiger partial charge in [0.15, 0.2) is 0 Å². The summed E-state index contributed by atoms with van der Waals surface area (Å²) in [7, 11) is 0. The summed E-state index contributed by atoms with van der Waals surface area (Å²) in [5.74, 6) is -0.176. The molecule has 0 unspecified atom stereocenters. The Labute approximate surface area is 172 Å². The van der Waals surface area contributed by atoms with Crippen LogP contribution in [0, 0.1) is 0 Å². The second-order valence-electron chi connectivity index (χ2n) is 7.04. The molecule has 1 amide bonds. The van der Waals surface area contributed by atoms with Crippen molar-refractivity contribution in [2.24, 2.45) is 0 Å². The monoisotopic (exact) mass is 391 g/mol. The average Bonchev–Trinajstić information content (AvgIpc) is 2.79. The quantitative estimate of drug-likeness (QED) is 0.392. The van der Waals surface area contributed by atoms with E-state index in [1.54, 1.807) is 30.3 Å². The summed E-state index contributed by atoms with van der Waals surface area (Å²) in [6, 6.07) is 29.9. The van der Waals surface area contributed by atoms with Crippen LogP contribution in [0.2, 0.25) is 0 Å². The molecule has 0 aliphatic carbocycles. The lowest BCUT2D eigenvalue weighted by Crippen LogP contribution is -2.12. The van der Waals surface area contributed by atoms with Crippen molar-refractivity contribution in [3.8, 4) is 11.1 Å². The van der Waals surface area contributed by atoms with Crippen LogP contribution in [0.4, 0.5) is 5.69 Å². The van der Waals surface area contributed by atoms with Crippen LogP contribution in [0.1, 0.15) is 10.4 Å². The van der Waals surface area contributed by atoms with Crippen molar-refractivity contribution in [3.63, 3.8) is 0 Å². The summed E-state index contributed by atoms with van der Waals surface area (Å²) >= 11 is 0. The molecule has 0 fully saturated rings. The van der Waals surface area contributed by atoms with E-state index in [1.165, 1.54) is 0 Å². The molecule has 0 aliphatic rings. The molecule has 1 N–H and O–H groups in total. The summed E-state index contributed by atoms with van der Waals surface area (Å²) < 4.78 is 5.42. The Morgan fingerprint density at radius 2 is 1.43 bits per heavy atom. The first-order chi connectivity index (χ1) is 14.7. The van der Waals surface area contributed by atoms with E-state index in [1.807, 2.05) is 66.7 Å². The van der Waals surface area contributed by atoms with E-state index in [4.69, 9.17) is 4.42 Å². The Kier molecular flexibility index (Phi) is 4.37. The van der Waals surface area contributed by atoms with E-state index >= 15 is 0 Å². The standard InChI is InChI=1S/C26H17NO3/c28-25(22-10-5-8-17-6-1-3-9-21(17)22)27-20-14-12-18(13-15-20)23-16-19-7-2-4-11-24(19)30-26(23)29/h1-16H,(H,27,28). The lowest BCUT2D eigenvalue weighted by atomic mass is 10.0. The van der Waals surface area contributed by atoms with Crippen LogP contribution in [0.25, 0.3) is 32.9 Å². The minimum atomic E-state index is -0.388. The van der Waals surface area contributed by atoms with Gasteiger partial charge in [-0.05, 0) is 46.7 Å². The number of fused-ring (bicyclic) bond motifs is 2. The molecule has 0 radical (unpaired) electrons. The molecular weight excluding hydrogens is 374 g/mol. The van der Waals surface area contributed by atoms with Gasteiger partial charge in [0.1, 0.15) is 5.58 Å². The number of carbonyl (C=O) groups excluding carboxylic acids is 1. The fraction of sp³-hybridized carbons (Fsp3) is 0. The Hall–Kier alpha value is -4.18. The third kappa shape index (κ3) is 3.25. The van der Waals surface area contributed by atoms with Crippen LogP contribution in [-0.4, -0.2) is 5.91 Å². The van der Waals surface area contributed by atoms with Gasteiger partial charge in [0, 0.05) is 16.6 Å². The molecule has 1 heterocycles. The molecule has 4 nitrogen and oxygen atoms in total. The van der Waals surface area contributed by atoms with Crippen molar-refractivity contribution in [2.45, 2.75) is 0 Å². The summed E-state index contributed by atoms with van der Waals surface area (Å²) in [4.78, 5) is 25.2. The first-order valence-electron chi connectivity index (χ1n) is 9.61. The zero-order valence-electron chi connectivity index (χ0n) is 16.0. The van der Waals surface area contributed by atoms with Gasteiger partial charge < -0.3 is 9.73 Å². The lowest BCUT2D eigenvalue weighted by molar-refractivity contribution is 0.102. The van der Waals surface area contributed by atoms with Crippen LogP contribution in [0.5, 0.6) is 0 Å². The van der Waals surface area contributed by atoms with Gasteiger partial charge >= 0.3 is 5.63 Å². The number of anilines is 1. The zero-order chi connectivity index (χ0) is 20.5. The summed E-state index contributed by atoms with van der Waals surface area (Å²) in [6.07, 6.45) is 0. The zero-order valence-corrected chi connectivity index (χ0v) is 16.0. The molecule has 1 aromatic heterocycles. The van der Waals surface area contributed by atoms with Crippen LogP contribution in [-0.2, 0) is 0 Å². The Balaban J connectivity index is 1.43. The number of benzene rings is 4. The predicted molar refractivity (Wildman–Crippen MR) is 120 cm³/mol. The van der Waals surface area contributed by atoms with E-state index in [-0.39, 0.29) is 11.5 Å². The first-order valence-corrected chi connectivity index (χ1v) is 9.61. The maximum Gasteiger partial charge on any atom is 0.344 e. The number of hydrogen-bond donors (Lipinski definition) is 1. The van der Waals surface area contributed by atoms with Crippen molar-refractivity contribution in [3.05, 3.63) is 113 Å². The van der Waals surface area contributed by atoms with Crippen LogP contribution in [0.15, 0.2) is 106 Å². The third-order valence-electron chi connectivity index (χ3n) is 5.13. The summed E-state index contributed by atoms with van der Waals surface area (Å²) in [5.41, 5.74) is 2.67. The molecule has 144 valence electrons. The number of hydrogen-bond acceptors (Lipinski definition) is 3. The van der Waals surface area contributed by atoms with Crippen LogP contribution < -0.4 is 10.9 Å². The van der Waals surface area contributed by atoms with Gasteiger partial charge in [-0.15, -0.1) is 0 Å². The Morgan fingerprint density at radius 3 is 2.27 bits per heavy atom. The molecule has 5 aromatic rings. The fourth-order valence-electron chi connectivity index (χ4n) is 3.62. The topological polar surface area (TPSA) is 59.3 Å². The van der Waals surface area contributed by atoms with E-state index < -0.39 is 0 Å². The van der Waals surface area contributed by atoms with Gasteiger partial charge in [-0.3, -0.25) is 4.79 Å². The maximum atomic E-state index is 12.8. The van der Waals surface area contributed by atoms with Crippen LogP contribution in [0.3, 0.4) is 0 Å². The van der Waals surface area contributed by atoms with Crippen molar-refractivity contribution in [1.82, 2.24) is 0 Å². The van der Waals surface area contributed by atoms with Gasteiger partial charge in [0.05, 0.1) is 5.56 Å². The molecule has 30 heavy (non-hydrogen) atoms.